The van der Waals surface area contributed by atoms with Gasteiger partial charge in [-0.3, -0.25) is 0 Å². The quantitative estimate of drug-likeness (QED) is 0.839. The Morgan fingerprint density at radius 3 is 2.52 bits per heavy atom. The second kappa shape index (κ2) is 7.48. The van der Waals surface area contributed by atoms with Crippen molar-refractivity contribution in [2.24, 2.45) is 0 Å². The van der Waals surface area contributed by atoms with Crippen molar-refractivity contribution < 1.29 is 9.13 Å². The van der Waals surface area contributed by atoms with E-state index in [1.54, 1.807) is 13.2 Å². The molecule has 0 aromatic heterocycles. The van der Waals surface area contributed by atoms with Crippen LogP contribution in [0.3, 0.4) is 0 Å². The smallest absolute Gasteiger partial charge is 0.137 e. The standard InChI is InChI=1S/C17H20FNOS/c1-4-19-12(2)15-6-5-7-16(18)17(15)21-14-10-8-13(20-3)9-11-14/h5-12,19H,4H2,1-3H3. The second-order valence-corrected chi connectivity index (χ2v) is 5.80. The maximum Gasteiger partial charge on any atom is 0.137 e. The lowest BCUT2D eigenvalue weighted by Gasteiger charge is -2.17. The molecule has 2 nitrogen and oxygen atoms in total. The maximum absolute atomic E-state index is 14.2. The van der Waals surface area contributed by atoms with Gasteiger partial charge in [-0.2, -0.15) is 0 Å². The Kier molecular flexibility index (Phi) is 5.65. The summed E-state index contributed by atoms with van der Waals surface area (Å²) in [5, 5.41) is 3.33. The molecule has 0 fully saturated rings. The molecule has 0 radical (unpaired) electrons. The number of halogens is 1. The van der Waals surface area contributed by atoms with E-state index in [1.165, 1.54) is 17.8 Å². The van der Waals surface area contributed by atoms with Crippen LogP contribution in [0.25, 0.3) is 0 Å². The van der Waals surface area contributed by atoms with Crippen LogP contribution in [0.1, 0.15) is 25.5 Å². The molecule has 0 bridgehead atoms. The number of hydrogen-bond acceptors (Lipinski definition) is 3. The zero-order chi connectivity index (χ0) is 15.2. The first-order chi connectivity index (χ1) is 10.2. The SMILES string of the molecule is CCNC(C)c1cccc(F)c1Sc1ccc(OC)cc1. The highest BCUT2D eigenvalue weighted by atomic mass is 32.2. The minimum atomic E-state index is -0.182. The van der Waals surface area contributed by atoms with E-state index in [0.29, 0.717) is 4.90 Å². The van der Waals surface area contributed by atoms with E-state index < -0.39 is 0 Å². The summed E-state index contributed by atoms with van der Waals surface area (Å²) in [5.41, 5.74) is 0.984. The Bertz CT molecular complexity index is 586. The lowest BCUT2D eigenvalue weighted by Crippen LogP contribution is -2.18. The maximum atomic E-state index is 14.2. The fraction of sp³-hybridized carbons (Fsp3) is 0.294. The van der Waals surface area contributed by atoms with E-state index >= 15 is 0 Å². The minimum absolute atomic E-state index is 0.117. The number of nitrogens with one attached hydrogen (secondary N) is 1. The normalized spacial score (nSPS) is 12.2. The van der Waals surface area contributed by atoms with Crippen molar-refractivity contribution in [3.8, 4) is 5.75 Å². The molecule has 1 unspecified atom stereocenters. The highest BCUT2D eigenvalue weighted by Gasteiger charge is 2.14. The number of hydrogen-bond donors (Lipinski definition) is 1. The first-order valence-electron chi connectivity index (χ1n) is 6.99. The number of rotatable bonds is 6. The van der Waals surface area contributed by atoms with E-state index in [-0.39, 0.29) is 11.9 Å². The van der Waals surface area contributed by atoms with Crippen LogP contribution in [0.2, 0.25) is 0 Å². The Labute approximate surface area is 129 Å². The van der Waals surface area contributed by atoms with E-state index in [0.717, 1.165) is 22.8 Å². The van der Waals surface area contributed by atoms with Crippen LogP contribution in [0.5, 0.6) is 5.75 Å². The number of ether oxygens (including phenoxy) is 1. The molecule has 0 saturated carbocycles. The van der Waals surface area contributed by atoms with Crippen molar-refractivity contribution in [1.82, 2.24) is 5.32 Å². The molecule has 1 N–H and O–H groups in total. The van der Waals surface area contributed by atoms with Gasteiger partial charge in [0, 0.05) is 10.9 Å². The molecule has 2 aromatic rings. The summed E-state index contributed by atoms with van der Waals surface area (Å²) >= 11 is 1.44. The highest BCUT2D eigenvalue weighted by Crippen LogP contribution is 2.35. The number of benzene rings is 2. The third-order valence-corrected chi connectivity index (χ3v) is 4.40. The van der Waals surface area contributed by atoms with Gasteiger partial charge in [-0.05, 0) is 49.4 Å². The Balaban J connectivity index is 2.29. The van der Waals surface area contributed by atoms with Gasteiger partial charge in [0.25, 0.3) is 0 Å². The van der Waals surface area contributed by atoms with Crippen molar-refractivity contribution in [3.63, 3.8) is 0 Å². The second-order valence-electron chi connectivity index (χ2n) is 4.72. The van der Waals surface area contributed by atoms with Crippen LogP contribution in [0.4, 0.5) is 4.39 Å². The molecule has 0 aliphatic heterocycles. The van der Waals surface area contributed by atoms with Crippen LogP contribution in [-0.4, -0.2) is 13.7 Å². The van der Waals surface area contributed by atoms with Crippen molar-refractivity contribution in [2.75, 3.05) is 13.7 Å². The zero-order valence-corrected chi connectivity index (χ0v) is 13.3. The van der Waals surface area contributed by atoms with Gasteiger partial charge in [0.2, 0.25) is 0 Å². The highest BCUT2D eigenvalue weighted by molar-refractivity contribution is 7.99. The molecule has 2 rings (SSSR count). The first-order valence-corrected chi connectivity index (χ1v) is 7.81. The Morgan fingerprint density at radius 1 is 1.19 bits per heavy atom. The van der Waals surface area contributed by atoms with Gasteiger partial charge in [-0.15, -0.1) is 0 Å². The monoisotopic (exact) mass is 305 g/mol. The molecule has 0 amide bonds. The molecule has 0 heterocycles. The largest absolute Gasteiger partial charge is 0.497 e. The summed E-state index contributed by atoms with van der Waals surface area (Å²) in [6.07, 6.45) is 0. The first kappa shape index (κ1) is 15.9. The third kappa shape index (κ3) is 3.99. The van der Waals surface area contributed by atoms with Crippen molar-refractivity contribution >= 4 is 11.8 Å². The summed E-state index contributed by atoms with van der Waals surface area (Å²) in [6, 6.07) is 13.0. The van der Waals surface area contributed by atoms with Crippen molar-refractivity contribution in [3.05, 3.63) is 53.8 Å². The molecule has 21 heavy (non-hydrogen) atoms. The van der Waals surface area contributed by atoms with Crippen LogP contribution in [0, 0.1) is 5.82 Å². The molecule has 0 spiro atoms. The average molecular weight is 305 g/mol. The van der Waals surface area contributed by atoms with Gasteiger partial charge in [0.1, 0.15) is 11.6 Å². The van der Waals surface area contributed by atoms with Crippen LogP contribution < -0.4 is 10.1 Å². The van der Waals surface area contributed by atoms with Gasteiger partial charge >= 0.3 is 0 Å². The summed E-state index contributed by atoms with van der Waals surface area (Å²) in [5.74, 6) is 0.618. The molecule has 0 saturated heterocycles. The van der Waals surface area contributed by atoms with Crippen LogP contribution in [0.15, 0.2) is 52.3 Å². The number of methoxy groups -OCH3 is 1. The van der Waals surface area contributed by atoms with E-state index in [1.807, 2.05) is 37.3 Å². The summed E-state index contributed by atoms with van der Waals surface area (Å²) < 4.78 is 19.4. The molecular weight excluding hydrogens is 285 g/mol. The zero-order valence-electron chi connectivity index (χ0n) is 12.5. The predicted octanol–water partition coefficient (Wildman–Crippen LogP) is 4.66. The Morgan fingerprint density at radius 2 is 1.90 bits per heavy atom. The molecule has 4 heteroatoms. The van der Waals surface area contributed by atoms with Gasteiger partial charge in [-0.25, -0.2) is 4.39 Å². The predicted molar refractivity (Wildman–Crippen MR) is 85.6 cm³/mol. The van der Waals surface area contributed by atoms with E-state index in [9.17, 15) is 4.39 Å². The lowest BCUT2D eigenvalue weighted by atomic mass is 10.1. The van der Waals surface area contributed by atoms with Crippen molar-refractivity contribution in [1.29, 1.82) is 0 Å². The Hall–Kier alpha value is -1.52. The summed E-state index contributed by atoms with van der Waals surface area (Å²) in [7, 11) is 1.63. The summed E-state index contributed by atoms with van der Waals surface area (Å²) in [4.78, 5) is 1.67. The topological polar surface area (TPSA) is 21.3 Å². The minimum Gasteiger partial charge on any atom is -0.497 e. The molecule has 2 aromatic carbocycles. The molecular formula is C17H20FNOS. The van der Waals surface area contributed by atoms with Crippen LogP contribution in [-0.2, 0) is 0 Å². The molecule has 0 aliphatic carbocycles. The molecule has 0 aliphatic rings. The van der Waals surface area contributed by atoms with E-state index in [2.05, 4.69) is 12.2 Å². The molecule has 112 valence electrons. The summed E-state index contributed by atoms with van der Waals surface area (Å²) in [6.45, 7) is 4.95. The third-order valence-electron chi connectivity index (χ3n) is 3.25. The van der Waals surface area contributed by atoms with Gasteiger partial charge < -0.3 is 10.1 Å². The van der Waals surface area contributed by atoms with E-state index in [4.69, 9.17) is 4.74 Å². The van der Waals surface area contributed by atoms with Crippen LogP contribution >= 0.6 is 11.8 Å². The van der Waals surface area contributed by atoms with Gasteiger partial charge in [0.05, 0.1) is 12.0 Å². The van der Waals surface area contributed by atoms with Crippen molar-refractivity contribution in [2.45, 2.75) is 29.7 Å². The van der Waals surface area contributed by atoms with Gasteiger partial charge in [-0.1, -0.05) is 30.8 Å². The average Bonchev–Trinajstić information content (AvgIpc) is 2.50. The molecule has 1 atom stereocenters. The fourth-order valence-electron chi connectivity index (χ4n) is 2.15. The lowest BCUT2D eigenvalue weighted by molar-refractivity contribution is 0.414. The van der Waals surface area contributed by atoms with Gasteiger partial charge in [0.15, 0.2) is 0 Å². The fourth-order valence-corrected chi connectivity index (χ4v) is 3.19.